The van der Waals surface area contributed by atoms with Gasteiger partial charge in [0.05, 0.1) is 17.8 Å². The standard InChI is InChI=1S/C14H8ClN3O/c15-9-3-4-11-10(6-9)12(19)14-17-13-8(7-18(11)14)2-1-5-16-13/h1-6H,7H2. The molecular weight excluding hydrogens is 262 g/mol. The first-order chi connectivity index (χ1) is 9.24. The number of carbonyl (C=O) groups excluding carboxylic acids is 1. The lowest BCUT2D eigenvalue weighted by atomic mass is 10.1. The molecule has 4 nitrogen and oxygen atoms in total. The van der Waals surface area contributed by atoms with Crippen molar-refractivity contribution in [3.8, 4) is 0 Å². The van der Waals surface area contributed by atoms with Crippen LogP contribution in [0.2, 0.25) is 5.02 Å². The fraction of sp³-hybridized carbons (Fsp3) is 0.0714. The number of halogens is 1. The maximum atomic E-state index is 12.3. The number of ketones is 1. The van der Waals surface area contributed by atoms with E-state index in [0.29, 0.717) is 28.8 Å². The highest BCUT2D eigenvalue weighted by Gasteiger charge is 2.36. The molecule has 4 rings (SSSR count). The number of carbonyl (C=O) groups is 1. The number of benzene rings is 1. The quantitative estimate of drug-likeness (QED) is 0.739. The Morgan fingerprint density at radius 3 is 3.05 bits per heavy atom. The lowest BCUT2D eigenvalue weighted by molar-refractivity contribution is 0.106. The maximum Gasteiger partial charge on any atom is 0.230 e. The molecular formula is C14H8ClN3O. The molecule has 0 atom stereocenters. The molecule has 0 bridgehead atoms. The molecule has 0 radical (unpaired) electrons. The summed E-state index contributed by atoms with van der Waals surface area (Å²) in [6.45, 7) is 0.613. The molecule has 1 aromatic heterocycles. The minimum absolute atomic E-state index is 0.0891. The molecule has 0 spiro atoms. The van der Waals surface area contributed by atoms with E-state index in [0.717, 1.165) is 11.3 Å². The van der Waals surface area contributed by atoms with Gasteiger partial charge in [0.1, 0.15) is 0 Å². The van der Waals surface area contributed by atoms with Gasteiger partial charge in [-0.05, 0) is 24.3 Å². The molecule has 0 unspecified atom stereocenters. The van der Waals surface area contributed by atoms with Crippen molar-refractivity contribution in [1.29, 1.82) is 0 Å². The van der Waals surface area contributed by atoms with Crippen LogP contribution >= 0.6 is 11.6 Å². The predicted molar refractivity (Wildman–Crippen MR) is 73.3 cm³/mol. The third-order valence-electron chi connectivity index (χ3n) is 3.36. The first-order valence-corrected chi connectivity index (χ1v) is 6.26. The number of amidine groups is 1. The molecule has 2 aliphatic heterocycles. The van der Waals surface area contributed by atoms with E-state index in [2.05, 4.69) is 9.98 Å². The Hall–Kier alpha value is -2.20. The van der Waals surface area contributed by atoms with Crippen molar-refractivity contribution >= 4 is 34.7 Å². The molecule has 0 saturated carbocycles. The zero-order chi connectivity index (χ0) is 13.0. The van der Waals surface area contributed by atoms with Crippen LogP contribution in [0, 0.1) is 0 Å². The van der Waals surface area contributed by atoms with Gasteiger partial charge in [-0.3, -0.25) is 4.79 Å². The second-order valence-electron chi connectivity index (χ2n) is 4.50. The average molecular weight is 270 g/mol. The first kappa shape index (κ1) is 10.7. The minimum atomic E-state index is -0.0891. The van der Waals surface area contributed by atoms with E-state index in [9.17, 15) is 4.79 Å². The van der Waals surface area contributed by atoms with Crippen LogP contribution < -0.4 is 4.90 Å². The van der Waals surface area contributed by atoms with Crippen LogP contribution in [0.1, 0.15) is 15.9 Å². The smallest absolute Gasteiger partial charge is 0.230 e. The number of fused-ring (bicyclic) bond motifs is 4. The van der Waals surface area contributed by atoms with Gasteiger partial charge in [-0.15, -0.1) is 0 Å². The summed E-state index contributed by atoms with van der Waals surface area (Å²) in [5.74, 6) is 0.971. The molecule has 5 heteroatoms. The summed E-state index contributed by atoms with van der Waals surface area (Å²) in [6, 6.07) is 9.19. The van der Waals surface area contributed by atoms with Gasteiger partial charge >= 0.3 is 0 Å². The van der Waals surface area contributed by atoms with Crippen molar-refractivity contribution in [2.45, 2.75) is 6.54 Å². The monoisotopic (exact) mass is 269 g/mol. The van der Waals surface area contributed by atoms with Crippen LogP contribution in [0.4, 0.5) is 11.5 Å². The lowest BCUT2D eigenvalue weighted by Gasteiger charge is -2.23. The summed E-state index contributed by atoms with van der Waals surface area (Å²) in [4.78, 5) is 22.8. The molecule has 0 amide bonds. The zero-order valence-electron chi connectivity index (χ0n) is 9.80. The topological polar surface area (TPSA) is 45.6 Å². The van der Waals surface area contributed by atoms with E-state index < -0.39 is 0 Å². The Labute approximate surface area is 114 Å². The Bertz CT molecular complexity index is 754. The van der Waals surface area contributed by atoms with Crippen LogP contribution in [0.3, 0.4) is 0 Å². The molecule has 1 aromatic carbocycles. The second kappa shape index (κ2) is 3.65. The normalized spacial score (nSPS) is 15.7. The molecule has 2 aliphatic rings. The van der Waals surface area contributed by atoms with Crippen molar-refractivity contribution in [2.24, 2.45) is 4.99 Å². The van der Waals surface area contributed by atoms with E-state index in [1.165, 1.54) is 0 Å². The molecule has 19 heavy (non-hydrogen) atoms. The number of Topliss-reactive ketones (excluding diaryl/α,β-unsaturated/α-hetero) is 1. The number of rotatable bonds is 0. The van der Waals surface area contributed by atoms with Crippen LogP contribution in [0.5, 0.6) is 0 Å². The molecule has 92 valence electrons. The Morgan fingerprint density at radius 2 is 2.16 bits per heavy atom. The number of hydrogen-bond acceptors (Lipinski definition) is 4. The molecule has 0 N–H and O–H groups in total. The van der Waals surface area contributed by atoms with Gasteiger partial charge in [-0.2, -0.15) is 0 Å². The van der Waals surface area contributed by atoms with Crippen LogP contribution in [0.25, 0.3) is 0 Å². The van der Waals surface area contributed by atoms with Crippen molar-refractivity contribution in [3.63, 3.8) is 0 Å². The lowest BCUT2D eigenvalue weighted by Crippen LogP contribution is -2.32. The van der Waals surface area contributed by atoms with Gasteiger partial charge in [0.15, 0.2) is 11.7 Å². The van der Waals surface area contributed by atoms with Crippen LogP contribution in [-0.2, 0) is 6.54 Å². The van der Waals surface area contributed by atoms with Gasteiger partial charge in [0.25, 0.3) is 0 Å². The molecule has 3 heterocycles. The van der Waals surface area contributed by atoms with E-state index in [4.69, 9.17) is 11.6 Å². The molecule has 0 saturated heterocycles. The number of aliphatic imine (C=N–C) groups is 1. The molecule has 0 fully saturated rings. The summed E-state index contributed by atoms with van der Waals surface area (Å²) in [7, 11) is 0. The number of pyridine rings is 1. The van der Waals surface area contributed by atoms with E-state index >= 15 is 0 Å². The van der Waals surface area contributed by atoms with E-state index in [-0.39, 0.29) is 5.78 Å². The summed E-state index contributed by atoms with van der Waals surface area (Å²) in [5, 5.41) is 0.559. The second-order valence-corrected chi connectivity index (χ2v) is 4.93. The first-order valence-electron chi connectivity index (χ1n) is 5.88. The summed E-state index contributed by atoms with van der Waals surface area (Å²) in [6.07, 6.45) is 1.68. The van der Waals surface area contributed by atoms with Crippen molar-refractivity contribution in [2.75, 3.05) is 4.90 Å². The van der Waals surface area contributed by atoms with E-state index in [1.807, 2.05) is 23.1 Å². The molecule has 0 aliphatic carbocycles. The van der Waals surface area contributed by atoms with Gasteiger partial charge < -0.3 is 4.90 Å². The largest absolute Gasteiger partial charge is 0.318 e. The van der Waals surface area contributed by atoms with Gasteiger partial charge in [-0.25, -0.2) is 9.98 Å². The number of anilines is 1. The number of hydrogen-bond donors (Lipinski definition) is 0. The highest BCUT2D eigenvalue weighted by atomic mass is 35.5. The number of aromatic nitrogens is 1. The van der Waals surface area contributed by atoms with Crippen molar-refractivity contribution < 1.29 is 4.79 Å². The van der Waals surface area contributed by atoms with Crippen LogP contribution in [0.15, 0.2) is 41.5 Å². The Balaban J connectivity index is 1.93. The number of nitrogens with zero attached hydrogens (tertiary/aromatic N) is 3. The minimum Gasteiger partial charge on any atom is -0.318 e. The Morgan fingerprint density at radius 1 is 1.26 bits per heavy atom. The molecule has 2 aromatic rings. The summed E-state index contributed by atoms with van der Waals surface area (Å²) >= 11 is 5.95. The fourth-order valence-electron chi connectivity index (χ4n) is 2.48. The summed E-state index contributed by atoms with van der Waals surface area (Å²) < 4.78 is 0. The van der Waals surface area contributed by atoms with Gasteiger partial charge in [0, 0.05) is 16.8 Å². The zero-order valence-corrected chi connectivity index (χ0v) is 10.6. The predicted octanol–water partition coefficient (Wildman–Crippen LogP) is 2.98. The average Bonchev–Trinajstić information content (AvgIpc) is 2.69. The fourth-order valence-corrected chi connectivity index (χ4v) is 2.65. The van der Waals surface area contributed by atoms with E-state index in [1.54, 1.807) is 18.3 Å². The Kier molecular flexibility index (Phi) is 2.05. The summed E-state index contributed by atoms with van der Waals surface area (Å²) in [5.41, 5.74) is 2.49. The van der Waals surface area contributed by atoms with Gasteiger partial charge in [-0.1, -0.05) is 17.7 Å². The highest BCUT2D eigenvalue weighted by molar-refractivity contribution is 6.55. The van der Waals surface area contributed by atoms with Crippen molar-refractivity contribution in [3.05, 3.63) is 52.7 Å². The van der Waals surface area contributed by atoms with Crippen LogP contribution in [-0.4, -0.2) is 16.6 Å². The maximum absolute atomic E-state index is 12.3. The highest BCUT2D eigenvalue weighted by Crippen LogP contribution is 2.37. The third kappa shape index (κ3) is 1.43. The SMILES string of the molecule is O=C1C2=Nc3ncccc3CN2c2ccc(Cl)cc21. The van der Waals surface area contributed by atoms with Gasteiger partial charge in [0.2, 0.25) is 5.78 Å². The van der Waals surface area contributed by atoms with Crippen molar-refractivity contribution in [1.82, 2.24) is 4.98 Å². The third-order valence-corrected chi connectivity index (χ3v) is 3.60.